The number of carbonyl (C=O) groups excluding carboxylic acids is 1. The molecule has 0 aliphatic carbocycles. The van der Waals surface area contributed by atoms with Gasteiger partial charge >= 0.3 is 5.69 Å². The van der Waals surface area contributed by atoms with Gasteiger partial charge in [-0.1, -0.05) is 30.3 Å². The topological polar surface area (TPSA) is 100 Å². The maximum absolute atomic E-state index is 12.0. The molecule has 1 aliphatic rings. The number of anilines is 2. The van der Waals surface area contributed by atoms with Gasteiger partial charge in [-0.15, -0.1) is 4.73 Å². The molecule has 5 rings (SSSR count). The van der Waals surface area contributed by atoms with E-state index >= 15 is 0 Å². The molecule has 3 heterocycles. The SMILES string of the molecule is O=C1CCCN1Cc1cccc(-c2ccc(Nc3nc(=O)n(O)c4ncccc34)cc2)c1. The number of benzene rings is 2. The van der Waals surface area contributed by atoms with Crippen LogP contribution in [0, 0.1) is 0 Å². The first-order chi connectivity index (χ1) is 15.6. The summed E-state index contributed by atoms with van der Waals surface area (Å²) in [4.78, 5) is 33.7. The highest BCUT2D eigenvalue weighted by atomic mass is 16.5. The average molecular weight is 427 g/mol. The van der Waals surface area contributed by atoms with Gasteiger partial charge < -0.3 is 15.4 Å². The van der Waals surface area contributed by atoms with Crippen LogP contribution in [0.4, 0.5) is 11.5 Å². The van der Waals surface area contributed by atoms with Gasteiger partial charge in [-0.05, 0) is 53.4 Å². The van der Waals surface area contributed by atoms with E-state index in [0.29, 0.717) is 28.9 Å². The van der Waals surface area contributed by atoms with E-state index in [9.17, 15) is 14.8 Å². The van der Waals surface area contributed by atoms with Gasteiger partial charge in [0.05, 0.1) is 5.39 Å². The molecule has 0 unspecified atom stereocenters. The summed E-state index contributed by atoms with van der Waals surface area (Å²) >= 11 is 0. The minimum Gasteiger partial charge on any atom is -0.422 e. The lowest BCUT2D eigenvalue weighted by molar-refractivity contribution is -0.128. The van der Waals surface area contributed by atoms with E-state index in [4.69, 9.17) is 0 Å². The molecule has 1 saturated heterocycles. The molecule has 160 valence electrons. The molecular weight excluding hydrogens is 406 g/mol. The zero-order valence-corrected chi connectivity index (χ0v) is 17.2. The number of rotatable bonds is 5. The minimum absolute atomic E-state index is 0.139. The highest BCUT2D eigenvalue weighted by Gasteiger charge is 2.20. The zero-order chi connectivity index (χ0) is 22.1. The van der Waals surface area contributed by atoms with Crippen molar-refractivity contribution in [3.63, 3.8) is 0 Å². The van der Waals surface area contributed by atoms with E-state index in [0.717, 1.165) is 35.3 Å². The van der Waals surface area contributed by atoms with Crippen molar-refractivity contribution in [3.8, 4) is 11.1 Å². The Hall–Kier alpha value is -4.20. The van der Waals surface area contributed by atoms with Gasteiger partial charge in [0.1, 0.15) is 5.82 Å². The molecule has 8 heteroatoms. The molecule has 0 radical (unpaired) electrons. The Morgan fingerprint density at radius 1 is 1.00 bits per heavy atom. The number of likely N-dealkylation sites (tertiary alicyclic amines) is 1. The summed E-state index contributed by atoms with van der Waals surface area (Å²) in [5, 5.41) is 13.5. The van der Waals surface area contributed by atoms with Crippen molar-refractivity contribution in [2.75, 3.05) is 11.9 Å². The first-order valence-electron chi connectivity index (χ1n) is 10.4. The first-order valence-corrected chi connectivity index (χ1v) is 10.4. The summed E-state index contributed by atoms with van der Waals surface area (Å²) in [6.07, 6.45) is 3.07. The molecule has 32 heavy (non-hydrogen) atoms. The van der Waals surface area contributed by atoms with Crippen molar-refractivity contribution in [1.29, 1.82) is 0 Å². The molecule has 0 spiro atoms. The molecule has 1 amide bonds. The third kappa shape index (κ3) is 3.78. The van der Waals surface area contributed by atoms with E-state index < -0.39 is 5.69 Å². The number of nitrogens with zero attached hydrogens (tertiary/aromatic N) is 4. The summed E-state index contributed by atoms with van der Waals surface area (Å²) in [7, 11) is 0. The zero-order valence-electron chi connectivity index (χ0n) is 17.2. The van der Waals surface area contributed by atoms with Crippen molar-refractivity contribution in [2.45, 2.75) is 19.4 Å². The van der Waals surface area contributed by atoms with Crippen molar-refractivity contribution < 1.29 is 10.0 Å². The van der Waals surface area contributed by atoms with Crippen molar-refractivity contribution in [3.05, 3.63) is 82.9 Å². The van der Waals surface area contributed by atoms with E-state index in [1.165, 1.54) is 6.20 Å². The fourth-order valence-corrected chi connectivity index (χ4v) is 3.96. The highest BCUT2D eigenvalue weighted by Crippen LogP contribution is 2.26. The van der Waals surface area contributed by atoms with Crippen molar-refractivity contribution in [1.82, 2.24) is 19.6 Å². The number of hydrogen-bond acceptors (Lipinski definition) is 6. The average Bonchev–Trinajstić information content (AvgIpc) is 3.22. The third-order valence-corrected chi connectivity index (χ3v) is 5.58. The molecule has 2 aromatic carbocycles. The van der Waals surface area contributed by atoms with Crippen LogP contribution in [0.25, 0.3) is 22.2 Å². The second kappa shape index (κ2) is 8.14. The Balaban J connectivity index is 1.38. The molecule has 8 nitrogen and oxygen atoms in total. The molecule has 1 aliphatic heterocycles. The van der Waals surface area contributed by atoms with Gasteiger partial charge in [-0.25, -0.2) is 9.78 Å². The summed E-state index contributed by atoms with van der Waals surface area (Å²) in [6.45, 7) is 1.46. The summed E-state index contributed by atoms with van der Waals surface area (Å²) in [5.74, 6) is 0.546. The first kappa shape index (κ1) is 19.7. The largest absolute Gasteiger partial charge is 0.422 e. The number of aromatic nitrogens is 3. The van der Waals surface area contributed by atoms with Crippen LogP contribution in [-0.4, -0.2) is 37.3 Å². The molecule has 1 fully saturated rings. The van der Waals surface area contributed by atoms with E-state index in [-0.39, 0.29) is 11.6 Å². The molecule has 0 atom stereocenters. The smallest absolute Gasteiger partial charge is 0.384 e. The van der Waals surface area contributed by atoms with Crippen LogP contribution < -0.4 is 11.0 Å². The standard InChI is InChI=1S/C24H21N5O3/c30-21-7-3-13-28(21)15-16-4-1-5-18(14-16)17-8-10-19(11-9-17)26-22-20-6-2-12-25-23(20)29(32)24(31)27-22/h1-2,4-6,8-12,14,32H,3,7,13,15H2,(H,26,27,31). The summed E-state index contributed by atoms with van der Waals surface area (Å²) in [5.41, 5.74) is 3.29. The third-order valence-electron chi connectivity index (χ3n) is 5.58. The molecule has 0 bridgehead atoms. The second-order valence-electron chi connectivity index (χ2n) is 7.75. The second-order valence-corrected chi connectivity index (χ2v) is 7.75. The van der Waals surface area contributed by atoms with Crippen molar-refractivity contribution >= 4 is 28.4 Å². The lowest BCUT2D eigenvalue weighted by Crippen LogP contribution is -2.23. The lowest BCUT2D eigenvalue weighted by atomic mass is 10.0. The Labute approximate surface area is 183 Å². The van der Waals surface area contributed by atoms with Crippen LogP contribution in [0.3, 0.4) is 0 Å². The Bertz CT molecular complexity index is 1360. The van der Waals surface area contributed by atoms with Crippen LogP contribution in [-0.2, 0) is 11.3 Å². The predicted octanol–water partition coefficient (Wildman–Crippen LogP) is 3.56. The van der Waals surface area contributed by atoms with Gasteiger partial charge in [-0.2, -0.15) is 4.98 Å². The number of hydrogen-bond donors (Lipinski definition) is 2. The van der Waals surface area contributed by atoms with Gasteiger partial charge in [0.2, 0.25) is 5.91 Å². The molecule has 2 aromatic heterocycles. The maximum Gasteiger partial charge on any atom is 0.384 e. The number of pyridine rings is 1. The number of fused-ring (bicyclic) bond motifs is 1. The van der Waals surface area contributed by atoms with Gasteiger partial charge in [0.15, 0.2) is 5.65 Å². The minimum atomic E-state index is -0.802. The number of nitrogens with one attached hydrogen (secondary N) is 1. The van der Waals surface area contributed by atoms with Crippen LogP contribution in [0.2, 0.25) is 0 Å². The van der Waals surface area contributed by atoms with Gasteiger partial charge in [0.25, 0.3) is 0 Å². The molecule has 4 aromatic rings. The Morgan fingerprint density at radius 3 is 2.62 bits per heavy atom. The van der Waals surface area contributed by atoms with Crippen LogP contribution in [0.15, 0.2) is 71.7 Å². The predicted molar refractivity (Wildman–Crippen MR) is 121 cm³/mol. The van der Waals surface area contributed by atoms with E-state index in [1.54, 1.807) is 12.1 Å². The van der Waals surface area contributed by atoms with E-state index in [2.05, 4.69) is 21.4 Å². The monoisotopic (exact) mass is 427 g/mol. The summed E-state index contributed by atoms with van der Waals surface area (Å²) < 4.78 is 0.437. The molecular formula is C24H21N5O3. The quantitative estimate of drug-likeness (QED) is 0.473. The maximum atomic E-state index is 12.0. The normalized spacial score (nSPS) is 13.6. The molecule has 2 N–H and O–H groups in total. The Kier molecular flexibility index (Phi) is 5.03. The van der Waals surface area contributed by atoms with Gasteiger partial charge in [-0.3, -0.25) is 4.79 Å². The van der Waals surface area contributed by atoms with Crippen LogP contribution in [0.1, 0.15) is 18.4 Å². The molecule has 0 saturated carbocycles. The van der Waals surface area contributed by atoms with E-state index in [1.807, 2.05) is 47.4 Å². The number of carbonyl (C=O) groups is 1. The lowest BCUT2D eigenvalue weighted by Gasteiger charge is -2.16. The highest BCUT2D eigenvalue weighted by molar-refractivity contribution is 5.88. The summed E-state index contributed by atoms with van der Waals surface area (Å²) in [6, 6.07) is 19.4. The van der Waals surface area contributed by atoms with Crippen LogP contribution in [0.5, 0.6) is 0 Å². The van der Waals surface area contributed by atoms with Crippen molar-refractivity contribution in [2.24, 2.45) is 0 Å². The fraction of sp³-hybridized carbons (Fsp3) is 0.167. The fourth-order valence-electron chi connectivity index (χ4n) is 3.96. The van der Waals surface area contributed by atoms with Gasteiger partial charge in [0, 0.05) is 31.4 Å². The Morgan fingerprint density at radius 2 is 1.84 bits per heavy atom. The number of amides is 1. The van der Waals surface area contributed by atoms with Crippen LogP contribution >= 0.6 is 0 Å².